The number of thiocarbonyl (C=S) groups is 1. The van der Waals surface area contributed by atoms with Crippen molar-refractivity contribution in [2.24, 2.45) is 0 Å². The first kappa shape index (κ1) is 12.1. The van der Waals surface area contributed by atoms with Gasteiger partial charge in [0.05, 0.1) is 4.91 Å². The molecule has 0 bridgehead atoms. The van der Waals surface area contributed by atoms with E-state index in [-0.39, 0.29) is 5.91 Å². The Labute approximate surface area is 110 Å². The Hall–Kier alpha value is -1.33. The largest absolute Gasteiger partial charge is 0.377 e. The number of thioether (sulfide) groups is 1. The third kappa shape index (κ3) is 2.68. The lowest BCUT2D eigenvalue weighted by Crippen LogP contribution is -2.17. The smallest absolute Gasteiger partial charge is 0.263 e. The van der Waals surface area contributed by atoms with Crippen LogP contribution in [0.15, 0.2) is 29.2 Å². The SMILES string of the molecule is CN(C)c1ccccc1C=C1SC(=S)NC1=O. The van der Waals surface area contributed by atoms with Crippen LogP contribution in [-0.4, -0.2) is 24.3 Å². The van der Waals surface area contributed by atoms with Crippen LogP contribution in [0.5, 0.6) is 0 Å². The summed E-state index contributed by atoms with van der Waals surface area (Å²) in [4.78, 5) is 14.2. The average Bonchev–Trinajstić information content (AvgIpc) is 2.58. The third-order valence-electron chi connectivity index (χ3n) is 2.35. The molecule has 1 heterocycles. The van der Waals surface area contributed by atoms with Gasteiger partial charge in [-0.2, -0.15) is 0 Å². The molecule has 1 amide bonds. The molecule has 0 radical (unpaired) electrons. The van der Waals surface area contributed by atoms with E-state index in [0.717, 1.165) is 11.3 Å². The highest BCUT2D eigenvalue weighted by molar-refractivity contribution is 8.26. The molecule has 1 fully saturated rings. The molecule has 1 aromatic carbocycles. The molecule has 5 heteroatoms. The molecule has 1 aliphatic rings. The number of anilines is 1. The van der Waals surface area contributed by atoms with Crippen LogP contribution < -0.4 is 10.2 Å². The van der Waals surface area contributed by atoms with E-state index < -0.39 is 0 Å². The van der Waals surface area contributed by atoms with Crippen LogP contribution in [0.4, 0.5) is 5.69 Å². The predicted molar refractivity (Wildman–Crippen MR) is 77.1 cm³/mol. The van der Waals surface area contributed by atoms with Crippen molar-refractivity contribution in [1.29, 1.82) is 0 Å². The number of nitrogens with zero attached hydrogens (tertiary/aromatic N) is 1. The molecule has 1 N–H and O–H groups in total. The number of para-hydroxylation sites is 1. The molecule has 0 aromatic heterocycles. The fourth-order valence-electron chi connectivity index (χ4n) is 1.58. The minimum absolute atomic E-state index is 0.117. The van der Waals surface area contributed by atoms with Crippen LogP contribution in [-0.2, 0) is 4.79 Å². The fourth-order valence-corrected chi connectivity index (χ4v) is 2.61. The van der Waals surface area contributed by atoms with Gasteiger partial charge < -0.3 is 10.2 Å². The van der Waals surface area contributed by atoms with Crippen molar-refractivity contribution in [3.63, 3.8) is 0 Å². The van der Waals surface area contributed by atoms with E-state index in [1.807, 2.05) is 49.3 Å². The number of carbonyl (C=O) groups excluding carboxylic acids is 1. The Morgan fingerprint density at radius 2 is 2.06 bits per heavy atom. The summed E-state index contributed by atoms with van der Waals surface area (Å²) in [5.74, 6) is -0.117. The van der Waals surface area contributed by atoms with E-state index in [4.69, 9.17) is 12.2 Å². The molecule has 0 saturated carbocycles. The summed E-state index contributed by atoms with van der Waals surface area (Å²) in [6, 6.07) is 7.93. The molecular weight excluding hydrogens is 252 g/mol. The predicted octanol–water partition coefficient (Wildman–Crippen LogP) is 2.24. The maximum absolute atomic E-state index is 11.6. The van der Waals surface area contributed by atoms with Gasteiger partial charge in [-0.15, -0.1) is 0 Å². The zero-order valence-electron chi connectivity index (χ0n) is 9.56. The molecule has 2 rings (SSSR count). The van der Waals surface area contributed by atoms with E-state index in [2.05, 4.69) is 5.32 Å². The number of hydrogen-bond acceptors (Lipinski definition) is 4. The lowest BCUT2D eigenvalue weighted by molar-refractivity contribution is -0.115. The molecule has 88 valence electrons. The van der Waals surface area contributed by atoms with Crippen molar-refractivity contribution < 1.29 is 4.79 Å². The van der Waals surface area contributed by atoms with Crippen molar-refractivity contribution in [3.8, 4) is 0 Å². The van der Waals surface area contributed by atoms with Crippen molar-refractivity contribution >= 4 is 46.0 Å². The number of hydrogen-bond donors (Lipinski definition) is 1. The van der Waals surface area contributed by atoms with Gasteiger partial charge in [0.15, 0.2) is 0 Å². The van der Waals surface area contributed by atoms with E-state index in [9.17, 15) is 4.79 Å². The van der Waals surface area contributed by atoms with Crippen LogP contribution in [0.3, 0.4) is 0 Å². The molecule has 1 saturated heterocycles. The first-order valence-corrected chi connectivity index (χ1v) is 6.31. The maximum Gasteiger partial charge on any atom is 0.263 e. The van der Waals surface area contributed by atoms with E-state index >= 15 is 0 Å². The second kappa shape index (κ2) is 4.89. The van der Waals surface area contributed by atoms with Crippen molar-refractivity contribution in [3.05, 3.63) is 34.7 Å². The molecule has 0 unspecified atom stereocenters. The zero-order chi connectivity index (χ0) is 12.4. The quantitative estimate of drug-likeness (QED) is 0.656. The molecule has 3 nitrogen and oxygen atoms in total. The topological polar surface area (TPSA) is 32.3 Å². The summed E-state index contributed by atoms with van der Waals surface area (Å²) >= 11 is 6.26. The Kier molecular flexibility index (Phi) is 3.49. The first-order valence-electron chi connectivity index (χ1n) is 5.09. The second-order valence-electron chi connectivity index (χ2n) is 3.81. The molecule has 0 aliphatic carbocycles. The fraction of sp³-hybridized carbons (Fsp3) is 0.167. The standard InChI is InChI=1S/C12H12N2OS2/c1-14(2)9-6-4-3-5-8(9)7-10-11(15)13-12(16)17-10/h3-7H,1-2H3,(H,13,15,16). The normalized spacial score (nSPS) is 17.4. The van der Waals surface area contributed by atoms with Crippen LogP contribution >= 0.6 is 24.0 Å². The van der Waals surface area contributed by atoms with Gasteiger partial charge in [-0.25, -0.2) is 0 Å². The van der Waals surface area contributed by atoms with Crippen molar-refractivity contribution in [1.82, 2.24) is 5.32 Å². The van der Waals surface area contributed by atoms with Crippen LogP contribution in [0.25, 0.3) is 6.08 Å². The maximum atomic E-state index is 11.6. The van der Waals surface area contributed by atoms with Gasteiger partial charge in [-0.3, -0.25) is 4.79 Å². The third-order valence-corrected chi connectivity index (χ3v) is 3.51. The number of nitrogens with one attached hydrogen (secondary N) is 1. The van der Waals surface area contributed by atoms with Crippen molar-refractivity contribution in [2.75, 3.05) is 19.0 Å². The Morgan fingerprint density at radius 1 is 1.35 bits per heavy atom. The van der Waals surface area contributed by atoms with E-state index in [1.54, 1.807) is 0 Å². The zero-order valence-corrected chi connectivity index (χ0v) is 11.2. The molecule has 17 heavy (non-hydrogen) atoms. The lowest BCUT2D eigenvalue weighted by atomic mass is 10.1. The highest BCUT2D eigenvalue weighted by atomic mass is 32.2. The first-order chi connectivity index (χ1) is 8.08. The summed E-state index contributed by atoms with van der Waals surface area (Å²) in [6.45, 7) is 0. The second-order valence-corrected chi connectivity index (χ2v) is 5.52. The van der Waals surface area contributed by atoms with Gasteiger partial charge in [0, 0.05) is 19.8 Å². The Morgan fingerprint density at radius 3 is 2.65 bits per heavy atom. The number of rotatable bonds is 2. The van der Waals surface area contributed by atoms with Gasteiger partial charge in [-0.1, -0.05) is 42.2 Å². The number of carbonyl (C=O) groups is 1. The van der Waals surface area contributed by atoms with Gasteiger partial charge in [0.2, 0.25) is 0 Å². The van der Waals surface area contributed by atoms with Gasteiger partial charge in [0.25, 0.3) is 5.91 Å². The molecule has 0 spiro atoms. The van der Waals surface area contributed by atoms with Crippen molar-refractivity contribution in [2.45, 2.75) is 0 Å². The van der Waals surface area contributed by atoms with Gasteiger partial charge in [-0.05, 0) is 17.7 Å². The van der Waals surface area contributed by atoms with Crippen LogP contribution in [0.2, 0.25) is 0 Å². The van der Waals surface area contributed by atoms with Crippen LogP contribution in [0.1, 0.15) is 5.56 Å². The monoisotopic (exact) mass is 264 g/mol. The molecular formula is C12H12N2OS2. The minimum Gasteiger partial charge on any atom is -0.377 e. The summed E-state index contributed by atoms with van der Waals surface area (Å²) in [5.41, 5.74) is 2.09. The molecule has 0 atom stereocenters. The summed E-state index contributed by atoms with van der Waals surface area (Å²) in [5, 5.41) is 2.61. The Balaban J connectivity index is 2.39. The summed E-state index contributed by atoms with van der Waals surface area (Å²) in [7, 11) is 3.95. The lowest BCUT2D eigenvalue weighted by Gasteiger charge is -2.15. The molecule has 1 aromatic rings. The molecule has 1 aliphatic heterocycles. The number of amides is 1. The van der Waals surface area contributed by atoms with E-state index in [0.29, 0.717) is 9.23 Å². The highest BCUT2D eigenvalue weighted by Gasteiger charge is 2.22. The van der Waals surface area contributed by atoms with Gasteiger partial charge >= 0.3 is 0 Å². The summed E-state index contributed by atoms with van der Waals surface area (Å²) < 4.78 is 0.517. The Bertz CT molecular complexity index is 509. The summed E-state index contributed by atoms with van der Waals surface area (Å²) in [6.07, 6.45) is 1.87. The minimum atomic E-state index is -0.117. The highest BCUT2D eigenvalue weighted by Crippen LogP contribution is 2.28. The number of benzene rings is 1. The van der Waals surface area contributed by atoms with Crippen LogP contribution in [0, 0.1) is 0 Å². The average molecular weight is 264 g/mol. The van der Waals surface area contributed by atoms with Gasteiger partial charge in [0.1, 0.15) is 4.32 Å². The van der Waals surface area contributed by atoms with E-state index in [1.165, 1.54) is 11.8 Å².